The highest BCUT2D eigenvalue weighted by atomic mass is 32.2. The van der Waals surface area contributed by atoms with Crippen molar-refractivity contribution in [1.29, 1.82) is 0 Å². The van der Waals surface area contributed by atoms with Crippen molar-refractivity contribution in [1.82, 2.24) is 4.31 Å². The molecule has 0 saturated carbocycles. The zero-order valence-electron chi connectivity index (χ0n) is 15.2. The zero-order chi connectivity index (χ0) is 18.2. The van der Waals surface area contributed by atoms with Crippen LogP contribution in [0.3, 0.4) is 0 Å². The summed E-state index contributed by atoms with van der Waals surface area (Å²) in [6.45, 7) is 8.80. The van der Waals surface area contributed by atoms with Crippen LogP contribution in [-0.2, 0) is 10.0 Å². The summed E-state index contributed by atoms with van der Waals surface area (Å²) < 4.78 is 27.5. The topological polar surface area (TPSA) is 92.7 Å². The summed E-state index contributed by atoms with van der Waals surface area (Å²) in [5, 5.41) is 0. The van der Waals surface area contributed by atoms with Crippen molar-refractivity contribution >= 4 is 21.4 Å². The van der Waals surface area contributed by atoms with E-state index in [1.54, 1.807) is 12.1 Å². The number of nitrogens with two attached hydrogens (primary N) is 2. The Morgan fingerprint density at radius 3 is 2.21 bits per heavy atom. The number of anilines is 2. The molecule has 0 unspecified atom stereocenters. The molecule has 1 rings (SSSR count). The smallest absolute Gasteiger partial charge is 0.245 e. The highest BCUT2D eigenvalue weighted by molar-refractivity contribution is 7.89. The minimum atomic E-state index is -3.57. The molecular weight excluding hydrogens is 324 g/mol. The second kappa shape index (κ2) is 9.86. The number of nitrogens with zero attached hydrogens (tertiary/aromatic N) is 2. The van der Waals surface area contributed by atoms with E-state index in [0.717, 1.165) is 38.0 Å². The standard InChI is InChI=1S/C17H32N4O2S/c1-4-7-12-20(13-8-11-18)16-10-9-15(19)14-17(16)24(22,23)21(5-2)6-3/h9-10,14H,4-8,11-13,18-19H2,1-3H3. The van der Waals surface area contributed by atoms with Crippen LogP contribution in [-0.4, -0.2) is 45.4 Å². The Balaban J connectivity index is 3.36. The van der Waals surface area contributed by atoms with Crippen LogP contribution in [0.15, 0.2) is 23.1 Å². The monoisotopic (exact) mass is 356 g/mol. The van der Waals surface area contributed by atoms with Gasteiger partial charge in [-0.1, -0.05) is 27.2 Å². The van der Waals surface area contributed by atoms with Crippen molar-refractivity contribution in [3.63, 3.8) is 0 Å². The van der Waals surface area contributed by atoms with Crippen molar-refractivity contribution < 1.29 is 8.42 Å². The third-order valence-electron chi connectivity index (χ3n) is 4.06. The first kappa shape index (κ1) is 20.7. The molecule has 0 fully saturated rings. The van der Waals surface area contributed by atoms with E-state index in [9.17, 15) is 8.42 Å². The molecule has 0 amide bonds. The van der Waals surface area contributed by atoms with Crippen molar-refractivity contribution in [2.24, 2.45) is 5.73 Å². The largest absolute Gasteiger partial charge is 0.399 e. The summed E-state index contributed by atoms with van der Waals surface area (Å²) in [4.78, 5) is 2.41. The van der Waals surface area contributed by atoms with Crippen LogP contribution in [0.1, 0.15) is 40.0 Å². The van der Waals surface area contributed by atoms with Gasteiger partial charge in [0.1, 0.15) is 4.90 Å². The van der Waals surface area contributed by atoms with Gasteiger partial charge in [-0.3, -0.25) is 0 Å². The molecule has 0 atom stereocenters. The maximum Gasteiger partial charge on any atom is 0.245 e. The van der Waals surface area contributed by atoms with Gasteiger partial charge in [0.2, 0.25) is 10.0 Å². The first-order valence-electron chi connectivity index (χ1n) is 8.76. The van der Waals surface area contributed by atoms with Gasteiger partial charge in [-0.2, -0.15) is 4.31 Å². The van der Waals surface area contributed by atoms with Gasteiger partial charge in [-0.05, 0) is 37.6 Å². The Hall–Kier alpha value is -1.31. The van der Waals surface area contributed by atoms with Gasteiger partial charge < -0.3 is 16.4 Å². The van der Waals surface area contributed by atoms with E-state index >= 15 is 0 Å². The van der Waals surface area contributed by atoms with Gasteiger partial charge in [0.15, 0.2) is 0 Å². The Morgan fingerprint density at radius 2 is 1.67 bits per heavy atom. The Kier molecular flexibility index (Phi) is 8.52. The van der Waals surface area contributed by atoms with Crippen molar-refractivity contribution in [2.45, 2.75) is 44.9 Å². The minimum absolute atomic E-state index is 0.291. The van der Waals surface area contributed by atoms with Gasteiger partial charge in [0.05, 0.1) is 5.69 Å². The first-order valence-corrected chi connectivity index (χ1v) is 10.2. The maximum atomic E-state index is 13.0. The fourth-order valence-electron chi connectivity index (χ4n) is 2.69. The lowest BCUT2D eigenvalue weighted by Crippen LogP contribution is -2.34. The molecule has 0 aliphatic carbocycles. The summed E-state index contributed by atoms with van der Waals surface area (Å²) in [5.74, 6) is 0. The fourth-order valence-corrected chi connectivity index (χ4v) is 4.39. The molecule has 138 valence electrons. The van der Waals surface area contributed by atoms with Crippen molar-refractivity contribution in [3.05, 3.63) is 18.2 Å². The van der Waals surface area contributed by atoms with E-state index in [4.69, 9.17) is 11.5 Å². The Morgan fingerprint density at radius 1 is 1.04 bits per heavy atom. The van der Waals surface area contributed by atoms with Crippen LogP contribution in [0.2, 0.25) is 0 Å². The van der Waals surface area contributed by atoms with E-state index in [-0.39, 0.29) is 0 Å². The zero-order valence-corrected chi connectivity index (χ0v) is 16.0. The van der Waals surface area contributed by atoms with Gasteiger partial charge in [-0.15, -0.1) is 0 Å². The van der Waals surface area contributed by atoms with Gasteiger partial charge in [0, 0.05) is 31.9 Å². The number of unbranched alkanes of at least 4 members (excludes halogenated alkanes) is 1. The summed E-state index contributed by atoms with van der Waals surface area (Å²) in [7, 11) is -3.57. The van der Waals surface area contributed by atoms with Crippen LogP contribution >= 0.6 is 0 Å². The quantitative estimate of drug-likeness (QED) is 0.593. The SMILES string of the molecule is CCCCN(CCCN)c1ccc(N)cc1S(=O)(=O)N(CC)CC. The third kappa shape index (κ3) is 5.09. The number of hydrogen-bond acceptors (Lipinski definition) is 5. The van der Waals surface area contributed by atoms with E-state index in [1.807, 2.05) is 19.9 Å². The van der Waals surface area contributed by atoms with Gasteiger partial charge in [-0.25, -0.2) is 8.42 Å². The maximum absolute atomic E-state index is 13.0. The molecule has 0 radical (unpaired) electrons. The van der Waals surface area contributed by atoms with Gasteiger partial charge in [0.25, 0.3) is 0 Å². The average Bonchev–Trinajstić information content (AvgIpc) is 2.56. The van der Waals surface area contributed by atoms with E-state index in [1.165, 1.54) is 4.31 Å². The minimum Gasteiger partial charge on any atom is -0.399 e. The number of rotatable bonds is 11. The van der Waals surface area contributed by atoms with Crippen molar-refractivity contribution in [3.8, 4) is 0 Å². The molecule has 0 heterocycles. The first-order chi connectivity index (χ1) is 11.4. The van der Waals surface area contributed by atoms with E-state index in [2.05, 4.69) is 11.8 Å². The second-order valence-electron chi connectivity index (χ2n) is 5.80. The summed E-state index contributed by atoms with van der Waals surface area (Å²) in [6.07, 6.45) is 2.87. The molecule has 0 aliphatic rings. The summed E-state index contributed by atoms with van der Waals surface area (Å²) in [6, 6.07) is 5.15. The molecule has 1 aromatic rings. The van der Waals surface area contributed by atoms with Crippen LogP contribution < -0.4 is 16.4 Å². The van der Waals surface area contributed by atoms with Gasteiger partial charge >= 0.3 is 0 Å². The highest BCUT2D eigenvalue weighted by Crippen LogP contribution is 2.30. The summed E-state index contributed by atoms with van der Waals surface area (Å²) >= 11 is 0. The van der Waals surface area contributed by atoms with Crippen LogP contribution in [0.4, 0.5) is 11.4 Å². The highest BCUT2D eigenvalue weighted by Gasteiger charge is 2.27. The lowest BCUT2D eigenvalue weighted by molar-refractivity contribution is 0.445. The lowest BCUT2D eigenvalue weighted by atomic mass is 10.2. The molecule has 0 aromatic heterocycles. The molecule has 0 saturated heterocycles. The lowest BCUT2D eigenvalue weighted by Gasteiger charge is -2.29. The van der Waals surface area contributed by atoms with E-state index < -0.39 is 10.0 Å². The molecule has 0 bridgehead atoms. The summed E-state index contributed by atoms with van der Waals surface area (Å²) in [5.41, 5.74) is 12.7. The normalized spacial score (nSPS) is 11.9. The molecule has 6 nitrogen and oxygen atoms in total. The molecular formula is C17H32N4O2S. The predicted octanol–water partition coefficient (Wildman–Crippen LogP) is 2.25. The second-order valence-corrected chi connectivity index (χ2v) is 7.71. The van der Waals surface area contributed by atoms with E-state index in [0.29, 0.717) is 30.2 Å². The average molecular weight is 357 g/mol. The molecule has 1 aromatic carbocycles. The number of nitrogen functional groups attached to an aromatic ring is 1. The van der Waals surface area contributed by atoms with Crippen LogP contribution in [0.25, 0.3) is 0 Å². The Labute approximate surface area is 146 Å². The molecule has 0 spiro atoms. The predicted molar refractivity (Wildman–Crippen MR) is 102 cm³/mol. The van der Waals surface area contributed by atoms with Crippen molar-refractivity contribution in [2.75, 3.05) is 43.4 Å². The molecule has 24 heavy (non-hydrogen) atoms. The Bertz CT molecular complexity index is 593. The third-order valence-corrected chi connectivity index (χ3v) is 6.14. The van der Waals surface area contributed by atoms with Crippen LogP contribution in [0.5, 0.6) is 0 Å². The number of sulfonamides is 1. The molecule has 0 aliphatic heterocycles. The number of hydrogen-bond donors (Lipinski definition) is 2. The molecule has 4 N–H and O–H groups in total. The molecule has 7 heteroatoms. The number of benzene rings is 1. The van der Waals surface area contributed by atoms with Crippen LogP contribution in [0, 0.1) is 0 Å². The fraction of sp³-hybridized carbons (Fsp3) is 0.647.